The predicted octanol–water partition coefficient (Wildman–Crippen LogP) is 1.65. The van der Waals surface area contributed by atoms with Crippen molar-refractivity contribution in [2.75, 3.05) is 13.1 Å². The quantitative estimate of drug-likeness (QED) is 0.815. The summed E-state index contributed by atoms with van der Waals surface area (Å²) in [5.41, 5.74) is 9.19. The van der Waals surface area contributed by atoms with Gasteiger partial charge in [-0.1, -0.05) is 19.4 Å². The van der Waals surface area contributed by atoms with E-state index in [9.17, 15) is 0 Å². The van der Waals surface area contributed by atoms with Crippen LogP contribution in [0.5, 0.6) is 0 Å². The molecule has 1 heterocycles. The van der Waals surface area contributed by atoms with E-state index in [4.69, 9.17) is 5.73 Å². The van der Waals surface area contributed by atoms with Crippen molar-refractivity contribution in [3.05, 3.63) is 30.1 Å². The van der Waals surface area contributed by atoms with Gasteiger partial charge in [-0.05, 0) is 36.7 Å². The second-order valence-electron chi connectivity index (χ2n) is 4.82. The Hall–Kier alpha value is -1.39. The minimum absolute atomic E-state index is 0.573. The number of imidazole rings is 1. The van der Waals surface area contributed by atoms with Gasteiger partial charge < -0.3 is 15.6 Å². The number of nitrogens with two attached hydrogens (primary N) is 1. The van der Waals surface area contributed by atoms with Gasteiger partial charge >= 0.3 is 0 Å². The molecule has 0 aliphatic carbocycles. The lowest BCUT2D eigenvalue weighted by Crippen LogP contribution is -2.27. The van der Waals surface area contributed by atoms with Gasteiger partial charge in [0.15, 0.2) is 0 Å². The number of aryl methyl sites for hydroxylation is 1. The van der Waals surface area contributed by atoms with Crippen LogP contribution in [0.25, 0.3) is 11.0 Å². The van der Waals surface area contributed by atoms with Gasteiger partial charge in [-0.25, -0.2) is 4.98 Å². The minimum atomic E-state index is 0.573. The third-order valence-corrected chi connectivity index (χ3v) is 3.46. The molecule has 0 aliphatic rings. The molecule has 3 N–H and O–H groups in total. The average molecular weight is 246 g/mol. The van der Waals surface area contributed by atoms with E-state index >= 15 is 0 Å². The molecule has 0 bridgehead atoms. The Bertz CT molecular complexity index is 499. The van der Waals surface area contributed by atoms with E-state index in [1.165, 1.54) is 11.1 Å². The summed E-state index contributed by atoms with van der Waals surface area (Å²) < 4.78 is 2.04. The summed E-state index contributed by atoms with van der Waals surface area (Å²) in [4.78, 5) is 4.37. The number of nitrogens with one attached hydrogen (secondary N) is 1. The van der Waals surface area contributed by atoms with Crippen molar-refractivity contribution >= 4 is 11.0 Å². The Morgan fingerprint density at radius 2 is 2.28 bits per heavy atom. The molecule has 98 valence electrons. The number of hydrogen-bond acceptors (Lipinski definition) is 3. The Balaban J connectivity index is 1.95. The highest BCUT2D eigenvalue weighted by molar-refractivity contribution is 5.75. The van der Waals surface area contributed by atoms with Crippen LogP contribution in [0.1, 0.15) is 18.9 Å². The Kier molecular flexibility index (Phi) is 4.33. The topological polar surface area (TPSA) is 55.9 Å². The lowest BCUT2D eigenvalue weighted by Gasteiger charge is -2.13. The lowest BCUT2D eigenvalue weighted by atomic mass is 10.1. The van der Waals surface area contributed by atoms with Gasteiger partial charge in [-0.2, -0.15) is 0 Å². The van der Waals surface area contributed by atoms with Crippen molar-refractivity contribution in [2.45, 2.75) is 19.9 Å². The van der Waals surface area contributed by atoms with Crippen LogP contribution < -0.4 is 11.1 Å². The molecule has 1 unspecified atom stereocenters. The fraction of sp³-hybridized carbons (Fsp3) is 0.500. The van der Waals surface area contributed by atoms with E-state index < -0.39 is 0 Å². The molecule has 0 radical (unpaired) electrons. The molecule has 0 saturated carbocycles. The lowest BCUT2D eigenvalue weighted by molar-refractivity contribution is 0.471. The molecule has 4 heteroatoms. The van der Waals surface area contributed by atoms with Crippen LogP contribution in [-0.2, 0) is 13.6 Å². The van der Waals surface area contributed by atoms with Gasteiger partial charge in [0.1, 0.15) is 0 Å². The maximum atomic E-state index is 5.69. The summed E-state index contributed by atoms with van der Waals surface area (Å²) >= 11 is 0. The van der Waals surface area contributed by atoms with Crippen molar-refractivity contribution in [1.82, 2.24) is 14.9 Å². The van der Waals surface area contributed by atoms with Crippen molar-refractivity contribution in [3.8, 4) is 0 Å². The number of aromatic nitrogens is 2. The van der Waals surface area contributed by atoms with Gasteiger partial charge in [0.05, 0.1) is 17.4 Å². The van der Waals surface area contributed by atoms with Crippen LogP contribution in [0, 0.1) is 5.92 Å². The number of fused-ring (bicyclic) bond motifs is 1. The standard InChI is InChI=1S/C14H22N4/c1-3-11(7-15)8-16-9-12-4-5-14-13(6-12)17-10-18(14)2/h4-6,10-11,16H,3,7-9,15H2,1-2H3. The maximum absolute atomic E-state index is 5.69. The van der Waals surface area contributed by atoms with Crippen molar-refractivity contribution in [3.63, 3.8) is 0 Å². The average Bonchev–Trinajstić information content (AvgIpc) is 2.76. The van der Waals surface area contributed by atoms with Gasteiger partial charge in [0.2, 0.25) is 0 Å². The highest BCUT2D eigenvalue weighted by atomic mass is 15.0. The summed E-state index contributed by atoms with van der Waals surface area (Å²) in [5.74, 6) is 0.573. The molecule has 18 heavy (non-hydrogen) atoms. The minimum Gasteiger partial charge on any atom is -0.334 e. The van der Waals surface area contributed by atoms with Crippen LogP contribution >= 0.6 is 0 Å². The fourth-order valence-electron chi connectivity index (χ4n) is 2.11. The predicted molar refractivity (Wildman–Crippen MR) is 75.3 cm³/mol. The third-order valence-electron chi connectivity index (χ3n) is 3.46. The first-order valence-corrected chi connectivity index (χ1v) is 6.55. The van der Waals surface area contributed by atoms with Gasteiger partial charge in [0, 0.05) is 13.6 Å². The first-order valence-electron chi connectivity index (χ1n) is 6.55. The van der Waals surface area contributed by atoms with E-state index in [1.807, 2.05) is 17.9 Å². The summed E-state index contributed by atoms with van der Waals surface area (Å²) in [6.45, 7) is 4.79. The van der Waals surface area contributed by atoms with E-state index in [0.717, 1.165) is 31.6 Å². The zero-order valence-corrected chi connectivity index (χ0v) is 11.2. The highest BCUT2D eigenvalue weighted by Gasteiger charge is 2.04. The van der Waals surface area contributed by atoms with Gasteiger partial charge in [-0.15, -0.1) is 0 Å². The zero-order valence-electron chi connectivity index (χ0n) is 11.2. The second kappa shape index (κ2) is 5.98. The fourth-order valence-corrected chi connectivity index (χ4v) is 2.11. The molecule has 1 atom stereocenters. The first-order chi connectivity index (χ1) is 8.74. The van der Waals surface area contributed by atoms with Crippen molar-refractivity contribution in [2.24, 2.45) is 18.7 Å². The molecule has 0 amide bonds. The van der Waals surface area contributed by atoms with Crippen molar-refractivity contribution < 1.29 is 0 Å². The SMILES string of the molecule is CCC(CN)CNCc1ccc2c(c1)ncn2C. The highest BCUT2D eigenvalue weighted by Crippen LogP contribution is 2.13. The molecule has 2 aromatic rings. The van der Waals surface area contributed by atoms with E-state index in [1.54, 1.807) is 0 Å². The Morgan fingerprint density at radius 3 is 3.00 bits per heavy atom. The van der Waals surface area contributed by atoms with E-state index in [0.29, 0.717) is 5.92 Å². The monoisotopic (exact) mass is 246 g/mol. The van der Waals surface area contributed by atoms with Gasteiger partial charge in [-0.3, -0.25) is 0 Å². The van der Waals surface area contributed by atoms with Crippen LogP contribution in [0.4, 0.5) is 0 Å². The molecule has 0 saturated heterocycles. The zero-order chi connectivity index (χ0) is 13.0. The smallest absolute Gasteiger partial charge is 0.0955 e. The van der Waals surface area contributed by atoms with Crippen LogP contribution in [-0.4, -0.2) is 22.6 Å². The largest absolute Gasteiger partial charge is 0.334 e. The van der Waals surface area contributed by atoms with Crippen LogP contribution in [0.2, 0.25) is 0 Å². The molecular formula is C14H22N4. The Labute approximate surface area is 108 Å². The normalized spacial score (nSPS) is 13.1. The third kappa shape index (κ3) is 2.89. The van der Waals surface area contributed by atoms with Crippen molar-refractivity contribution in [1.29, 1.82) is 0 Å². The summed E-state index contributed by atoms with van der Waals surface area (Å²) in [6.07, 6.45) is 2.98. The van der Waals surface area contributed by atoms with Crippen LogP contribution in [0.15, 0.2) is 24.5 Å². The van der Waals surface area contributed by atoms with Gasteiger partial charge in [0.25, 0.3) is 0 Å². The molecule has 2 rings (SSSR count). The summed E-state index contributed by atoms with van der Waals surface area (Å²) in [5, 5.41) is 3.46. The van der Waals surface area contributed by atoms with Crippen LogP contribution in [0.3, 0.4) is 0 Å². The number of benzene rings is 1. The number of hydrogen-bond donors (Lipinski definition) is 2. The molecule has 0 fully saturated rings. The molecule has 1 aromatic carbocycles. The molecule has 1 aromatic heterocycles. The Morgan fingerprint density at radius 1 is 1.44 bits per heavy atom. The maximum Gasteiger partial charge on any atom is 0.0955 e. The first kappa shape index (κ1) is 13.1. The summed E-state index contributed by atoms with van der Waals surface area (Å²) in [6, 6.07) is 6.42. The molecule has 4 nitrogen and oxygen atoms in total. The van der Waals surface area contributed by atoms with E-state index in [-0.39, 0.29) is 0 Å². The van der Waals surface area contributed by atoms with E-state index in [2.05, 4.69) is 35.4 Å². The molecule has 0 aliphatic heterocycles. The summed E-state index contributed by atoms with van der Waals surface area (Å²) in [7, 11) is 2.01. The molecular weight excluding hydrogens is 224 g/mol. The second-order valence-corrected chi connectivity index (χ2v) is 4.82. The molecule has 0 spiro atoms. The number of rotatable bonds is 6. The number of nitrogens with zero attached hydrogens (tertiary/aromatic N) is 2.